The number of aromatic nitrogens is 1. The van der Waals surface area contributed by atoms with Crippen molar-refractivity contribution in [3.8, 4) is 0 Å². The molecule has 2 rings (SSSR count). The Bertz CT molecular complexity index is 818. The van der Waals surface area contributed by atoms with Gasteiger partial charge in [0.1, 0.15) is 0 Å². The molecule has 0 spiro atoms. The molecule has 2 aromatic rings. The molecule has 0 aliphatic heterocycles. The summed E-state index contributed by atoms with van der Waals surface area (Å²) < 4.78 is 26.8. The molecule has 5 nitrogen and oxygen atoms in total. The van der Waals surface area contributed by atoms with Crippen molar-refractivity contribution in [1.29, 1.82) is 0 Å². The van der Waals surface area contributed by atoms with Gasteiger partial charge in [-0.2, -0.15) is 0 Å². The molecule has 0 saturated carbocycles. The Balaban J connectivity index is 2.27. The Hall–Kier alpha value is -3.35. The molecule has 1 aromatic heterocycles. The Labute approximate surface area is 136 Å². The van der Waals surface area contributed by atoms with Gasteiger partial charge >= 0.3 is 0 Å². The lowest BCUT2D eigenvalue weighted by molar-refractivity contribution is -0.105. The van der Waals surface area contributed by atoms with E-state index in [0.717, 1.165) is 12.1 Å². The van der Waals surface area contributed by atoms with Crippen molar-refractivity contribution in [2.24, 2.45) is 5.73 Å². The number of nitrogens with zero attached hydrogens (tertiary/aromatic N) is 1. The average molecular weight is 329 g/mol. The normalized spacial score (nSPS) is 11.9. The first kappa shape index (κ1) is 17.0. The zero-order valence-electron chi connectivity index (χ0n) is 12.4. The van der Waals surface area contributed by atoms with Crippen LogP contribution in [-0.2, 0) is 4.79 Å². The fourth-order valence-electron chi connectivity index (χ4n) is 1.92. The third-order valence-corrected chi connectivity index (χ3v) is 3.09. The maximum absolute atomic E-state index is 13.6. The molecular weight excluding hydrogens is 316 g/mol. The molecular formula is C17H13F2N3O2. The van der Waals surface area contributed by atoms with Crippen molar-refractivity contribution in [2.45, 2.75) is 0 Å². The highest BCUT2D eigenvalue weighted by Crippen LogP contribution is 2.15. The number of pyridine rings is 1. The monoisotopic (exact) mass is 329 g/mol. The van der Waals surface area contributed by atoms with Gasteiger partial charge in [0.25, 0.3) is 5.91 Å². The number of hydrogen-bond donors (Lipinski definition) is 2. The first-order chi connectivity index (χ1) is 11.6. The summed E-state index contributed by atoms with van der Waals surface area (Å²) in [6.45, 7) is 0. The largest absolute Gasteiger partial charge is 0.404 e. The number of amides is 1. The lowest BCUT2D eigenvalue weighted by Gasteiger charge is -2.07. The second kappa shape index (κ2) is 7.77. The van der Waals surface area contributed by atoms with Gasteiger partial charge in [-0.1, -0.05) is 6.07 Å². The van der Waals surface area contributed by atoms with Gasteiger partial charge in [-0.3, -0.25) is 14.6 Å². The summed E-state index contributed by atoms with van der Waals surface area (Å²) in [5.41, 5.74) is 5.97. The van der Waals surface area contributed by atoms with Crippen LogP contribution in [-0.4, -0.2) is 17.2 Å². The second-order valence-electron chi connectivity index (χ2n) is 4.63. The number of nitrogens with two attached hydrogens (primary N) is 1. The third kappa shape index (κ3) is 3.89. The van der Waals surface area contributed by atoms with E-state index in [4.69, 9.17) is 5.73 Å². The fraction of sp³-hybridized carbons (Fsp3) is 0. The zero-order chi connectivity index (χ0) is 17.5. The molecule has 24 heavy (non-hydrogen) atoms. The number of rotatable bonds is 5. The van der Waals surface area contributed by atoms with Crippen LogP contribution in [0.4, 0.5) is 8.78 Å². The SMILES string of the molecule is N/C=C(\C=C(/C=O)NC(=O)c1cccc(F)c1F)c1ccncc1. The highest BCUT2D eigenvalue weighted by atomic mass is 19.2. The molecule has 0 unspecified atom stereocenters. The van der Waals surface area contributed by atoms with Gasteiger partial charge in [0.05, 0.1) is 11.3 Å². The molecule has 1 amide bonds. The van der Waals surface area contributed by atoms with E-state index in [0.29, 0.717) is 17.4 Å². The molecule has 0 radical (unpaired) electrons. The molecule has 0 bridgehead atoms. The smallest absolute Gasteiger partial charge is 0.258 e. The van der Waals surface area contributed by atoms with Crippen molar-refractivity contribution in [3.05, 3.63) is 83.5 Å². The first-order valence-corrected chi connectivity index (χ1v) is 6.81. The molecule has 1 aromatic carbocycles. The molecule has 0 atom stereocenters. The zero-order valence-corrected chi connectivity index (χ0v) is 12.4. The van der Waals surface area contributed by atoms with Crippen LogP contribution < -0.4 is 11.1 Å². The molecule has 0 aliphatic carbocycles. The first-order valence-electron chi connectivity index (χ1n) is 6.81. The lowest BCUT2D eigenvalue weighted by Crippen LogP contribution is -2.25. The number of carbonyl (C=O) groups excluding carboxylic acids is 2. The van der Waals surface area contributed by atoms with Crippen molar-refractivity contribution >= 4 is 17.8 Å². The Morgan fingerprint density at radius 1 is 1.17 bits per heavy atom. The minimum Gasteiger partial charge on any atom is -0.404 e. The van der Waals surface area contributed by atoms with Crippen LogP contribution in [0.25, 0.3) is 5.57 Å². The lowest BCUT2D eigenvalue weighted by atomic mass is 10.1. The predicted molar refractivity (Wildman–Crippen MR) is 84.4 cm³/mol. The van der Waals surface area contributed by atoms with E-state index >= 15 is 0 Å². The minimum absolute atomic E-state index is 0.155. The van der Waals surface area contributed by atoms with E-state index in [9.17, 15) is 18.4 Å². The van der Waals surface area contributed by atoms with Crippen LogP contribution in [0.3, 0.4) is 0 Å². The molecule has 1 heterocycles. The average Bonchev–Trinajstić information content (AvgIpc) is 2.61. The van der Waals surface area contributed by atoms with Crippen LogP contribution in [0.15, 0.2) is 60.7 Å². The number of aldehydes is 1. The van der Waals surface area contributed by atoms with Crippen molar-refractivity contribution in [1.82, 2.24) is 10.3 Å². The third-order valence-electron chi connectivity index (χ3n) is 3.09. The van der Waals surface area contributed by atoms with E-state index in [1.807, 2.05) is 0 Å². The maximum Gasteiger partial charge on any atom is 0.258 e. The van der Waals surface area contributed by atoms with Gasteiger partial charge in [0.15, 0.2) is 17.9 Å². The summed E-state index contributed by atoms with van der Waals surface area (Å²) in [5.74, 6) is -3.39. The molecule has 0 aliphatic rings. The summed E-state index contributed by atoms with van der Waals surface area (Å²) >= 11 is 0. The summed E-state index contributed by atoms with van der Waals surface area (Å²) in [7, 11) is 0. The Kier molecular flexibility index (Phi) is 5.51. The van der Waals surface area contributed by atoms with E-state index < -0.39 is 23.1 Å². The van der Waals surface area contributed by atoms with E-state index in [1.165, 1.54) is 30.7 Å². The quantitative estimate of drug-likeness (QED) is 0.500. The number of halogens is 2. The molecule has 7 heteroatoms. The number of nitrogens with one attached hydrogen (secondary N) is 1. The van der Waals surface area contributed by atoms with Gasteiger partial charge in [-0.25, -0.2) is 8.78 Å². The van der Waals surface area contributed by atoms with E-state index in [1.54, 1.807) is 12.1 Å². The minimum atomic E-state index is -1.29. The predicted octanol–water partition coefficient (Wildman–Crippen LogP) is 2.17. The number of allylic oxidation sites excluding steroid dienone is 3. The van der Waals surface area contributed by atoms with Gasteiger partial charge in [0, 0.05) is 18.6 Å². The number of benzene rings is 1. The van der Waals surface area contributed by atoms with Crippen LogP contribution >= 0.6 is 0 Å². The fourth-order valence-corrected chi connectivity index (χ4v) is 1.92. The van der Waals surface area contributed by atoms with Crippen LogP contribution in [0.2, 0.25) is 0 Å². The molecule has 0 fully saturated rings. The number of hydrogen-bond acceptors (Lipinski definition) is 4. The van der Waals surface area contributed by atoms with Gasteiger partial charge in [0.2, 0.25) is 0 Å². The highest BCUT2D eigenvalue weighted by molar-refractivity contribution is 5.99. The Morgan fingerprint density at radius 2 is 1.88 bits per heavy atom. The van der Waals surface area contributed by atoms with Gasteiger partial charge < -0.3 is 11.1 Å². The summed E-state index contributed by atoms with van der Waals surface area (Å²) in [6.07, 6.45) is 6.01. The van der Waals surface area contributed by atoms with Gasteiger partial charge in [-0.15, -0.1) is 0 Å². The van der Waals surface area contributed by atoms with Crippen molar-refractivity contribution in [3.63, 3.8) is 0 Å². The van der Waals surface area contributed by atoms with Crippen LogP contribution in [0, 0.1) is 11.6 Å². The van der Waals surface area contributed by atoms with E-state index in [2.05, 4.69) is 10.3 Å². The standard InChI is InChI=1S/C17H13F2N3O2/c18-15-3-1-2-14(16(15)19)17(24)22-13(10-23)8-12(9-20)11-4-6-21-7-5-11/h1-10H,20H2,(H,22,24)/b12-9+,13-8+. The summed E-state index contributed by atoms with van der Waals surface area (Å²) in [6, 6.07) is 6.51. The van der Waals surface area contributed by atoms with Crippen LogP contribution in [0.1, 0.15) is 15.9 Å². The molecule has 0 saturated heterocycles. The maximum atomic E-state index is 13.6. The van der Waals surface area contributed by atoms with E-state index in [-0.39, 0.29) is 5.70 Å². The molecule has 122 valence electrons. The Morgan fingerprint density at radius 3 is 2.50 bits per heavy atom. The van der Waals surface area contributed by atoms with Crippen LogP contribution in [0.5, 0.6) is 0 Å². The van der Waals surface area contributed by atoms with Crippen molar-refractivity contribution < 1.29 is 18.4 Å². The summed E-state index contributed by atoms with van der Waals surface area (Å²) in [5, 5.41) is 2.22. The second-order valence-corrected chi connectivity index (χ2v) is 4.63. The molecule has 3 N–H and O–H groups in total. The highest BCUT2D eigenvalue weighted by Gasteiger charge is 2.16. The number of carbonyl (C=O) groups is 2. The van der Waals surface area contributed by atoms with Crippen molar-refractivity contribution in [2.75, 3.05) is 0 Å². The van der Waals surface area contributed by atoms with Gasteiger partial charge in [-0.05, 0) is 41.5 Å². The summed E-state index contributed by atoms with van der Waals surface area (Å²) in [4.78, 5) is 27.1. The topological polar surface area (TPSA) is 85.1 Å².